The summed E-state index contributed by atoms with van der Waals surface area (Å²) in [6.45, 7) is 0.500. The molecule has 0 saturated carbocycles. The Bertz CT molecular complexity index is 828. The molecule has 1 atom stereocenters. The van der Waals surface area contributed by atoms with Crippen LogP contribution in [0, 0.1) is 0 Å². The Morgan fingerprint density at radius 2 is 2.00 bits per heavy atom. The number of carbonyl (C=O) groups is 1. The third-order valence-corrected chi connectivity index (χ3v) is 4.89. The highest BCUT2D eigenvalue weighted by molar-refractivity contribution is 7.89. The van der Waals surface area contributed by atoms with Crippen molar-refractivity contribution in [1.29, 1.82) is 0 Å². The predicted octanol–water partition coefficient (Wildman–Crippen LogP) is 1.44. The number of sulfonamides is 1. The fourth-order valence-corrected chi connectivity index (χ4v) is 3.06. The number of furan rings is 1. The zero-order chi connectivity index (χ0) is 16.4. The van der Waals surface area contributed by atoms with Crippen LogP contribution in [0.4, 0.5) is 0 Å². The van der Waals surface area contributed by atoms with E-state index in [1.165, 1.54) is 19.2 Å². The number of benzene rings is 1. The van der Waals surface area contributed by atoms with Gasteiger partial charge in [0.05, 0.1) is 12.6 Å². The van der Waals surface area contributed by atoms with Crippen LogP contribution in [0.15, 0.2) is 45.9 Å². The maximum Gasteiger partial charge on any atom is 0.287 e. The molecular weight excluding hydrogens is 320 g/mol. The standard InChI is InChI=1S/C15H16N2O5S/c1-16-23(19,20)14-7-6-13(22-14)15(18)17-11-8-9-21-12-5-3-2-4-10(11)12/h2-7,11,16H,8-9H2,1H3,(H,17,18)/t11-/m0/s1. The molecule has 0 bridgehead atoms. The first-order valence-corrected chi connectivity index (χ1v) is 8.55. The second kappa shape index (κ2) is 6.05. The molecule has 1 aromatic carbocycles. The minimum Gasteiger partial charge on any atom is -0.493 e. The molecule has 2 heterocycles. The van der Waals surface area contributed by atoms with Crippen LogP contribution >= 0.6 is 0 Å². The molecule has 1 amide bonds. The van der Waals surface area contributed by atoms with E-state index in [2.05, 4.69) is 10.0 Å². The molecular formula is C15H16N2O5S. The van der Waals surface area contributed by atoms with Crippen molar-refractivity contribution >= 4 is 15.9 Å². The van der Waals surface area contributed by atoms with Crippen LogP contribution in [0.3, 0.4) is 0 Å². The molecule has 2 N–H and O–H groups in total. The Balaban J connectivity index is 1.79. The van der Waals surface area contributed by atoms with Crippen molar-refractivity contribution in [3.05, 3.63) is 47.7 Å². The third-order valence-electron chi connectivity index (χ3n) is 3.60. The monoisotopic (exact) mass is 336 g/mol. The normalized spacial score (nSPS) is 17.2. The van der Waals surface area contributed by atoms with E-state index in [4.69, 9.17) is 9.15 Å². The van der Waals surface area contributed by atoms with Gasteiger partial charge in [-0.3, -0.25) is 4.79 Å². The Hall–Kier alpha value is -2.32. The molecule has 1 aliphatic heterocycles. The largest absolute Gasteiger partial charge is 0.493 e. The van der Waals surface area contributed by atoms with Crippen molar-refractivity contribution in [3.8, 4) is 5.75 Å². The molecule has 0 radical (unpaired) electrons. The number of ether oxygens (including phenoxy) is 1. The maximum absolute atomic E-state index is 12.3. The molecule has 8 heteroatoms. The zero-order valence-electron chi connectivity index (χ0n) is 12.4. The second-order valence-corrected chi connectivity index (χ2v) is 6.84. The predicted molar refractivity (Wildman–Crippen MR) is 81.7 cm³/mol. The van der Waals surface area contributed by atoms with Crippen molar-refractivity contribution in [3.63, 3.8) is 0 Å². The minimum absolute atomic E-state index is 0.0530. The minimum atomic E-state index is -3.71. The van der Waals surface area contributed by atoms with Crippen LogP contribution in [-0.2, 0) is 10.0 Å². The number of nitrogens with one attached hydrogen (secondary N) is 2. The number of hydrogen-bond donors (Lipinski definition) is 2. The molecule has 122 valence electrons. The highest BCUT2D eigenvalue weighted by Gasteiger charge is 2.25. The van der Waals surface area contributed by atoms with Gasteiger partial charge in [0.2, 0.25) is 5.09 Å². The van der Waals surface area contributed by atoms with Crippen LogP contribution in [0.1, 0.15) is 28.6 Å². The van der Waals surface area contributed by atoms with E-state index >= 15 is 0 Å². The van der Waals surface area contributed by atoms with Crippen molar-refractivity contribution in [2.75, 3.05) is 13.7 Å². The van der Waals surface area contributed by atoms with E-state index in [0.29, 0.717) is 13.0 Å². The van der Waals surface area contributed by atoms with Crippen molar-refractivity contribution in [2.45, 2.75) is 17.6 Å². The molecule has 0 unspecified atom stereocenters. The van der Waals surface area contributed by atoms with Gasteiger partial charge in [0.1, 0.15) is 5.75 Å². The van der Waals surface area contributed by atoms with Crippen LogP contribution in [0.2, 0.25) is 0 Å². The lowest BCUT2D eigenvalue weighted by atomic mass is 10.0. The summed E-state index contributed by atoms with van der Waals surface area (Å²) in [7, 11) is -2.43. The smallest absolute Gasteiger partial charge is 0.287 e. The number of amides is 1. The van der Waals surface area contributed by atoms with Crippen LogP contribution < -0.4 is 14.8 Å². The van der Waals surface area contributed by atoms with Gasteiger partial charge in [-0.1, -0.05) is 18.2 Å². The highest BCUT2D eigenvalue weighted by atomic mass is 32.2. The molecule has 7 nitrogen and oxygen atoms in total. The van der Waals surface area contributed by atoms with E-state index in [1.807, 2.05) is 24.3 Å². The summed E-state index contributed by atoms with van der Waals surface area (Å²) in [5.41, 5.74) is 0.890. The number of para-hydroxylation sites is 1. The third kappa shape index (κ3) is 3.08. The summed E-state index contributed by atoms with van der Waals surface area (Å²) in [4.78, 5) is 12.3. The van der Waals surface area contributed by atoms with E-state index in [1.54, 1.807) is 0 Å². The van der Waals surface area contributed by atoms with Gasteiger partial charge in [0.15, 0.2) is 5.76 Å². The Morgan fingerprint density at radius 3 is 2.78 bits per heavy atom. The highest BCUT2D eigenvalue weighted by Crippen LogP contribution is 2.31. The van der Waals surface area contributed by atoms with Gasteiger partial charge in [-0.15, -0.1) is 0 Å². The fourth-order valence-electron chi connectivity index (χ4n) is 2.41. The first-order chi connectivity index (χ1) is 11.0. The van der Waals surface area contributed by atoms with Gasteiger partial charge in [-0.05, 0) is 25.2 Å². The maximum atomic E-state index is 12.3. The van der Waals surface area contributed by atoms with E-state index in [-0.39, 0.29) is 16.9 Å². The summed E-state index contributed by atoms with van der Waals surface area (Å²) in [6.07, 6.45) is 0.630. The fraction of sp³-hybridized carbons (Fsp3) is 0.267. The number of fused-ring (bicyclic) bond motifs is 1. The van der Waals surface area contributed by atoms with Crippen molar-refractivity contribution < 1.29 is 22.4 Å². The molecule has 0 aliphatic carbocycles. The van der Waals surface area contributed by atoms with E-state index in [0.717, 1.165) is 11.3 Å². The quantitative estimate of drug-likeness (QED) is 0.880. The van der Waals surface area contributed by atoms with Gasteiger partial charge in [0.25, 0.3) is 15.9 Å². The van der Waals surface area contributed by atoms with E-state index < -0.39 is 15.9 Å². The molecule has 0 spiro atoms. The lowest BCUT2D eigenvalue weighted by Crippen LogP contribution is -2.32. The van der Waals surface area contributed by atoms with Gasteiger partial charge >= 0.3 is 0 Å². The van der Waals surface area contributed by atoms with Gasteiger partial charge in [-0.25, -0.2) is 13.1 Å². The van der Waals surface area contributed by atoms with Gasteiger partial charge in [0, 0.05) is 12.0 Å². The number of hydrogen-bond acceptors (Lipinski definition) is 5. The lowest BCUT2D eigenvalue weighted by Gasteiger charge is -2.26. The summed E-state index contributed by atoms with van der Waals surface area (Å²) in [6, 6.07) is 9.85. The van der Waals surface area contributed by atoms with Gasteiger partial charge in [-0.2, -0.15) is 0 Å². The molecule has 2 aromatic rings. The Kier molecular flexibility index (Phi) is 4.10. The summed E-state index contributed by atoms with van der Waals surface area (Å²) < 4.78 is 36.1. The molecule has 0 fully saturated rings. The molecule has 1 aromatic heterocycles. The zero-order valence-corrected chi connectivity index (χ0v) is 13.2. The summed E-state index contributed by atoms with van der Waals surface area (Å²) in [5, 5.41) is 2.55. The first-order valence-electron chi connectivity index (χ1n) is 7.07. The molecule has 3 rings (SSSR count). The van der Waals surface area contributed by atoms with Crippen molar-refractivity contribution in [1.82, 2.24) is 10.0 Å². The average Bonchev–Trinajstić information content (AvgIpc) is 3.06. The SMILES string of the molecule is CNS(=O)(=O)c1ccc(C(=O)N[C@H]2CCOc3ccccc32)o1. The first kappa shape index (κ1) is 15.6. The molecule has 23 heavy (non-hydrogen) atoms. The van der Waals surface area contributed by atoms with Crippen LogP contribution in [0.25, 0.3) is 0 Å². The van der Waals surface area contributed by atoms with Crippen LogP contribution in [0.5, 0.6) is 5.75 Å². The average molecular weight is 336 g/mol. The Morgan fingerprint density at radius 1 is 1.22 bits per heavy atom. The van der Waals surface area contributed by atoms with E-state index in [9.17, 15) is 13.2 Å². The number of carbonyl (C=O) groups excluding carboxylic acids is 1. The summed E-state index contributed by atoms with van der Waals surface area (Å²) >= 11 is 0. The van der Waals surface area contributed by atoms with Crippen LogP contribution in [-0.4, -0.2) is 28.0 Å². The Labute approximate surface area is 133 Å². The molecule has 1 aliphatic rings. The number of rotatable bonds is 4. The molecule has 0 saturated heterocycles. The van der Waals surface area contributed by atoms with Crippen molar-refractivity contribution in [2.24, 2.45) is 0 Å². The second-order valence-electron chi connectivity index (χ2n) is 5.03. The van der Waals surface area contributed by atoms with Gasteiger partial charge < -0.3 is 14.5 Å². The topological polar surface area (TPSA) is 97.6 Å². The summed E-state index contributed by atoms with van der Waals surface area (Å²) in [5.74, 6) is 0.217. The lowest BCUT2D eigenvalue weighted by molar-refractivity contribution is 0.0891.